The molecule has 2 aliphatic heterocycles. The number of esters is 1. The van der Waals surface area contributed by atoms with Crippen LogP contribution in [0.15, 0.2) is 40.4 Å². The molecule has 0 fully saturated rings. The summed E-state index contributed by atoms with van der Waals surface area (Å²) in [7, 11) is 0. The van der Waals surface area contributed by atoms with Crippen molar-refractivity contribution in [3.63, 3.8) is 0 Å². The Balaban J connectivity index is 1.90. The Kier molecular flexibility index (Phi) is 4.31. The molecule has 126 valence electrons. The summed E-state index contributed by atoms with van der Waals surface area (Å²) in [6.07, 6.45) is 0. The smallest absolute Gasteiger partial charge is 0.316 e. The van der Waals surface area contributed by atoms with Gasteiger partial charge in [0.15, 0.2) is 5.17 Å². The van der Waals surface area contributed by atoms with E-state index >= 15 is 0 Å². The van der Waals surface area contributed by atoms with Crippen molar-refractivity contribution in [2.45, 2.75) is 26.3 Å². The number of anilines is 1. The second-order valence-electron chi connectivity index (χ2n) is 5.74. The summed E-state index contributed by atoms with van der Waals surface area (Å²) in [4.78, 5) is 30.4. The molecule has 2 aliphatic rings. The highest BCUT2D eigenvalue weighted by molar-refractivity contribution is 8.14. The van der Waals surface area contributed by atoms with Crippen molar-refractivity contribution >= 4 is 40.5 Å². The number of guanidine groups is 1. The topological polar surface area (TPSA) is 74.6 Å². The normalized spacial score (nSPS) is 18.4. The minimum atomic E-state index is -0.844. The quantitative estimate of drug-likeness (QED) is 0.780. The van der Waals surface area contributed by atoms with E-state index in [4.69, 9.17) is 4.74 Å². The van der Waals surface area contributed by atoms with Crippen molar-refractivity contribution in [3.8, 4) is 0 Å². The Labute approximate surface area is 144 Å². The fourth-order valence-corrected chi connectivity index (χ4v) is 3.15. The fourth-order valence-electron chi connectivity index (χ4n) is 2.37. The molecule has 1 amide bonds. The highest BCUT2D eigenvalue weighted by Crippen LogP contribution is 2.33. The van der Waals surface area contributed by atoms with Gasteiger partial charge in [0.25, 0.3) is 5.91 Å². The molecule has 1 aromatic carbocycles. The van der Waals surface area contributed by atoms with E-state index in [1.807, 2.05) is 30.3 Å². The predicted molar refractivity (Wildman–Crippen MR) is 93.8 cm³/mol. The van der Waals surface area contributed by atoms with Gasteiger partial charge in [-0.25, -0.2) is 4.99 Å². The zero-order valence-corrected chi connectivity index (χ0v) is 14.5. The summed E-state index contributed by atoms with van der Waals surface area (Å²) in [5.74, 6) is 0.0703. The molecule has 7 nitrogen and oxygen atoms in total. The zero-order valence-electron chi connectivity index (χ0n) is 13.7. The van der Waals surface area contributed by atoms with E-state index in [9.17, 15) is 9.59 Å². The molecule has 0 aliphatic carbocycles. The number of aliphatic imine (C=N–C) groups is 1. The minimum absolute atomic E-state index is 0.120. The van der Waals surface area contributed by atoms with Gasteiger partial charge in [0, 0.05) is 0 Å². The number of amidine groups is 1. The average Bonchev–Trinajstić information content (AvgIpc) is 3.00. The first-order chi connectivity index (χ1) is 11.4. The van der Waals surface area contributed by atoms with Crippen LogP contribution in [0.4, 0.5) is 5.69 Å². The van der Waals surface area contributed by atoms with Crippen LogP contribution in [0.3, 0.4) is 0 Å². The Bertz CT molecular complexity index is 730. The lowest BCUT2D eigenvalue weighted by Gasteiger charge is -2.19. The molecule has 0 spiro atoms. The third kappa shape index (κ3) is 2.89. The Morgan fingerprint density at radius 2 is 2.00 bits per heavy atom. The molecule has 1 aromatic rings. The van der Waals surface area contributed by atoms with Crippen LogP contribution >= 0.6 is 11.8 Å². The number of rotatable bonds is 4. The molecule has 0 saturated heterocycles. The number of hydrogen-bond acceptors (Lipinski definition) is 7. The van der Waals surface area contributed by atoms with Gasteiger partial charge in [0.2, 0.25) is 5.96 Å². The Morgan fingerprint density at radius 3 is 2.67 bits per heavy atom. The van der Waals surface area contributed by atoms with Crippen LogP contribution < -0.4 is 4.90 Å². The van der Waals surface area contributed by atoms with Crippen LogP contribution in [0.25, 0.3) is 0 Å². The van der Waals surface area contributed by atoms with Crippen LogP contribution in [0.2, 0.25) is 0 Å². The molecule has 3 rings (SSSR count). The molecular weight excluding hydrogens is 328 g/mol. The van der Waals surface area contributed by atoms with Gasteiger partial charge in [-0.1, -0.05) is 30.0 Å². The molecule has 2 heterocycles. The second kappa shape index (κ2) is 6.27. The van der Waals surface area contributed by atoms with Crippen molar-refractivity contribution in [2.75, 3.05) is 17.3 Å². The molecule has 0 unspecified atom stereocenters. The lowest BCUT2D eigenvalue weighted by molar-refractivity contribution is -0.139. The Morgan fingerprint density at radius 1 is 1.29 bits per heavy atom. The first-order valence-corrected chi connectivity index (χ1v) is 8.59. The number of thioether (sulfide) groups is 1. The number of benzene rings is 1. The zero-order chi connectivity index (χ0) is 17.3. The summed E-state index contributed by atoms with van der Waals surface area (Å²) in [5.41, 5.74) is -0.0113. The van der Waals surface area contributed by atoms with Gasteiger partial charge in [0.1, 0.15) is 5.54 Å². The van der Waals surface area contributed by atoms with E-state index < -0.39 is 5.54 Å². The van der Waals surface area contributed by atoms with E-state index in [2.05, 4.69) is 10.1 Å². The number of ether oxygens (including phenoxy) is 1. The van der Waals surface area contributed by atoms with Crippen LogP contribution in [-0.4, -0.2) is 45.9 Å². The van der Waals surface area contributed by atoms with Gasteiger partial charge in [0.05, 0.1) is 18.0 Å². The first kappa shape index (κ1) is 16.5. The van der Waals surface area contributed by atoms with Gasteiger partial charge in [-0.3, -0.25) is 14.5 Å². The molecular formula is C16H18N4O3S. The van der Waals surface area contributed by atoms with Gasteiger partial charge >= 0.3 is 5.97 Å². The van der Waals surface area contributed by atoms with Crippen LogP contribution in [-0.2, 0) is 14.3 Å². The molecule has 0 bridgehead atoms. The van der Waals surface area contributed by atoms with E-state index in [1.165, 1.54) is 16.8 Å². The third-order valence-corrected chi connectivity index (χ3v) is 4.40. The number of carbonyl (C=O) groups excluding carboxylic acids is 2. The monoisotopic (exact) mass is 346 g/mol. The maximum atomic E-state index is 12.4. The third-order valence-electron chi connectivity index (χ3n) is 3.50. The summed E-state index contributed by atoms with van der Waals surface area (Å²) >= 11 is 1.22. The fraction of sp³-hybridized carbons (Fsp3) is 0.375. The van der Waals surface area contributed by atoms with E-state index in [1.54, 1.807) is 25.7 Å². The van der Waals surface area contributed by atoms with E-state index in [-0.39, 0.29) is 17.6 Å². The van der Waals surface area contributed by atoms with Crippen LogP contribution in [0.1, 0.15) is 20.8 Å². The summed E-state index contributed by atoms with van der Waals surface area (Å²) in [5, 5.41) is 6.20. The van der Waals surface area contributed by atoms with Crippen molar-refractivity contribution < 1.29 is 14.3 Å². The number of fused-ring (bicyclic) bond motifs is 1. The molecule has 24 heavy (non-hydrogen) atoms. The SMILES string of the molecule is CCOC(=O)CSC1=NN2C(=O)C(C)(C)N=C2N1c1ccccc1. The van der Waals surface area contributed by atoms with Gasteiger partial charge in [-0.15, -0.1) is 5.10 Å². The maximum absolute atomic E-state index is 12.4. The number of amides is 1. The van der Waals surface area contributed by atoms with Gasteiger partial charge in [-0.2, -0.15) is 5.01 Å². The largest absolute Gasteiger partial charge is 0.465 e. The van der Waals surface area contributed by atoms with E-state index in [0.29, 0.717) is 17.7 Å². The van der Waals surface area contributed by atoms with Crippen LogP contribution in [0, 0.1) is 0 Å². The van der Waals surface area contributed by atoms with Gasteiger partial charge < -0.3 is 4.74 Å². The Hall–Kier alpha value is -2.35. The standard InChI is InChI=1S/C16H18N4O3S/c1-4-23-12(21)10-24-15-18-20-13(22)16(2,3)17-14(20)19(15)11-8-6-5-7-9-11/h5-9H,4,10H2,1-3H3. The molecule has 8 heteroatoms. The van der Waals surface area contributed by atoms with Crippen molar-refractivity contribution in [2.24, 2.45) is 10.1 Å². The lowest BCUT2D eigenvalue weighted by atomic mass is 10.1. The summed E-state index contributed by atoms with van der Waals surface area (Å²) < 4.78 is 4.95. The lowest BCUT2D eigenvalue weighted by Crippen LogP contribution is -2.37. The highest BCUT2D eigenvalue weighted by Gasteiger charge is 2.48. The summed E-state index contributed by atoms with van der Waals surface area (Å²) in [6, 6.07) is 9.51. The average molecular weight is 346 g/mol. The van der Waals surface area contributed by atoms with E-state index in [0.717, 1.165) is 5.69 Å². The number of hydrogen-bond donors (Lipinski definition) is 0. The first-order valence-electron chi connectivity index (χ1n) is 7.60. The molecule has 0 radical (unpaired) electrons. The van der Waals surface area contributed by atoms with Gasteiger partial charge in [-0.05, 0) is 32.9 Å². The number of carbonyl (C=O) groups is 2. The molecule has 0 atom stereocenters. The number of para-hydroxylation sites is 1. The molecule has 0 saturated carbocycles. The predicted octanol–water partition coefficient (Wildman–Crippen LogP) is 2.05. The number of hydrazone groups is 1. The van der Waals surface area contributed by atoms with Crippen molar-refractivity contribution in [1.82, 2.24) is 5.01 Å². The maximum Gasteiger partial charge on any atom is 0.316 e. The molecule has 0 aromatic heterocycles. The van der Waals surface area contributed by atoms with Crippen molar-refractivity contribution in [1.29, 1.82) is 0 Å². The second-order valence-corrected chi connectivity index (χ2v) is 6.68. The summed E-state index contributed by atoms with van der Waals surface area (Å²) in [6.45, 7) is 5.60. The number of nitrogens with zero attached hydrogens (tertiary/aromatic N) is 4. The minimum Gasteiger partial charge on any atom is -0.465 e. The highest BCUT2D eigenvalue weighted by atomic mass is 32.2. The van der Waals surface area contributed by atoms with Crippen LogP contribution in [0.5, 0.6) is 0 Å². The molecule has 0 N–H and O–H groups in total. The van der Waals surface area contributed by atoms with Crippen molar-refractivity contribution in [3.05, 3.63) is 30.3 Å².